The number of fused-ring (bicyclic) bond motifs is 1. The van der Waals surface area contributed by atoms with Crippen molar-refractivity contribution in [3.63, 3.8) is 0 Å². The number of nitrogens with one attached hydrogen (secondary N) is 1. The fraction of sp³-hybridized carbons (Fsp3) is 0.667. The molecule has 1 unspecified atom stereocenters. The van der Waals surface area contributed by atoms with E-state index in [1.54, 1.807) is 7.05 Å². The molecule has 0 fully saturated rings. The molecule has 1 aromatic rings. The fourth-order valence-electron chi connectivity index (χ4n) is 2.36. The number of aromatic nitrogens is 2. The number of hydrogen-bond donors (Lipinski definition) is 1. The van der Waals surface area contributed by atoms with Crippen LogP contribution in [0.15, 0.2) is 0 Å². The Labute approximate surface area is 96.1 Å². The Bertz CT molecular complexity index is 409. The summed E-state index contributed by atoms with van der Waals surface area (Å²) in [5, 5.41) is 2.67. The number of imidazole rings is 1. The van der Waals surface area contributed by atoms with E-state index in [9.17, 15) is 4.79 Å². The van der Waals surface area contributed by atoms with E-state index in [4.69, 9.17) is 0 Å². The predicted octanol–water partition coefficient (Wildman–Crippen LogP) is 1.39. The van der Waals surface area contributed by atoms with E-state index in [0.29, 0.717) is 11.6 Å². The van der Waals surface area contributed by atoms with Crippen LogP contribution in [0.4, 0.5) is 0 Å². The molecule has 0 saturated heterocycles. The summed E-state index contributed by atoms with van der Waals surface area (Å²) in [6, 6.07) is 0. The van der Waals surface area contributed by atoms with E-state index in [1.807, 2.05) is 0 Å². The molecule has 0 radical (unpaired) electrons. The van der Waals surface area contributed by atoms with Gasteiger partial charge in [0, 0.05) is 20.0 Å². The smallest absolute Gasteiger partial charge is 0.271 e. The lowest BCUT2D eigenvalue weighted by molar-refractivity contribution is 0.0957. The van der Waals surface area contributed by atoms with Gasteiger partial charge in [-0.2, -0.15) is 0 Å². The highest BCUT2D eigenvalue weighted by molar-refractivity contribution is 5.93. The second-order valence-corrected chi connectivity index (χ2v) is 4.51. The van der Waals surface area contributed by atoms with Crippen LogP contribution in [-0.2, 0) is 19.4 Å². The van der Waals surface area contributed by atoms with Crippen molar-refractivity contribution >= 4 is 5.91 Å². The third-order valence-corrected chi connectivity index (χ3v) is 3.30. The van der Waals surface area contributed by atoms with E-state index in [1.165, 1.54) is 6.42 Å². The number of carbonyl (C=O) groups excluding carboxylic acids is 1. The zero-order valence-corrected chi connectivity index (χ0v) is 10.2. The average molecular weight is 221 g/mol. The summed E-state index contributed by atoms with van der Waals surface area (Å²) in [7, 11) is 1.66. The number of hydrogen-bond acceptors (Lipinski definition) is 2. The Balaban J connectivity index is 2.46. The third-order valence-electron chi connectivity index (χ3n) is 3.30. The zero-order valence-electron chi connectivity index (χ0n) is 10.2. The molecule has 0 bridgehead atoms. The summed E-state index contributed by atoms with van der Waals surface area (Å²) in [6.07, 6.45) is 3.04. The topological polar surface area (TPSA) is 46.9 Å². The van der Waals surface area contributed by atoms with Gasteiger partial charge in [0.05, 0.1) is 5.69 Å². The fourth-order valence-corrected chi connectivity index (χ4v) is 2.36. The summed E-state index contributed by atoms with van der Waals surface area (Å²) in [4.78, 5) is 16.2. The molecule has 4 heteroatoms. The number of nitrogens with zero attached hydrogens (tertiary/aromatic N) is 2. The van der Waals surface area contributed by atoms with Gasteiger partial charge in [-0.15, -0.1) is 0 Å². The Morgan fingerprint density at radius 2 is 2.38 bits per heavy atom. The quantitative estimate of drug-likeness (QED) is 0.820. The van der Waals surface area contributed by atoms with E-state index >= 15 is 0 Å². The van der Waals surface area contributed by atoms with Gasteiger partial charge in [0.15, 0.2) is 0 Å². The van der Waals surface area contributed by atoms with Crippen LogP contribution in [-0.4, -0.2) is 22.5 Å². The van der Waals surface area contributed by atoms with Crippen molar-refractivity contribution in [1.82, 2.24) is 14.9 Å². The first-order valence-corrected chi connectivity index (χ1v) is 5.97. The summed E-state index contributed by atoms with van der Waals surface area (Å²) in [5.41, 5.74) is 1.75. The molecule has 2 rings (SSSR count). The van der Waals surface area contributed by atoms with Crippen molar-refractivity contribution in [3.05, 3.63) is 17.2 Å². The number of rotatable bonds is 2. The second kappa shape index (κ2) is 4.28. The SMILES string of the molecule is CCc1nc(C(=O)NC)c2n1CCC(C)C2. The minimum absolute atomic E-state index is 0.0578. The van der Waals surface area contributed by atoms with E-state index < -0.39 is 0 Å². The van der Waals surface area contributed by atoms with Crippen LogP contribution in [0.3, 0.4) is 0 Å². The van der Waals surface area contributed by atoms with Gasteiger partial charge in [0.2, 0.25) is 0 Å². The molecule has 1 aromatic heterocycles. The van der Waals surface area contributed by atoms with Gasteiger partial charge in [0.1, 0.15) is 11.5 Å². The highest BCUT2D eigenvalue weighted by Gasteiger charge is 2.25. The molecule has 0 saturated carbocycles. The molecule has 0 aromatic carbocycles. The Morgan fingerprint density at radius 1 is 1.62 bits per heavy atom. The largest absolute Gasteiger partial charge is 0.354 e. The lowest BCUT2D eigenvalue weighted by Gasteiger charge is -2.22. The molecule has 1 atom stereocenters. The number of amides is 1. The van der Waals surface area contributed by atoms with Crippen LogP contribution in [0.5, 0.6) is 0 Å². The lowest BCUT2D eigenvalue weighted by atomic mass is 9.97. The van der Waals surface area contributed by atoms with Gasteiger partial charge in [-0.3, -0.25) is 4.79 Å². The van der Waals surface area contributed by atoms with Crippen molar-refractivity contribution in [2.24, 2.45) is 5.92 Å². The van der Waals surface area contributed by atoms with Crippen molar-refractivity contribution in [2.75, 3.05) is 7.05 Å². The van der Waals surface area contributed by atoms with Crippen molar-refractivity contribution in [2.45, 2.75) is 39.7 Å². The van der Waals surface area contributed by atoms with Crippen molar-refractivity contribution in [3.8, 4) is 0 Å². The molecule has 4 nitrogen and oxygen atoms in total. The molecule has 1 aliphatic rings. The van der Waals surface area contributed by atoms with Crippen molar-refractivity contribution < 1.29 is 4.79 Å². The molecule has 1 amide bonds. The van der Waals surface area contributed by atoms with Gasteiger partial charge in [-0.1, -0.05) is 13.8 Å². The Kier molecular flexibility index (Phi) is 2.99. The van der Waals surface area contributed by atoms with Crippen LogP contribution in [0.1, 0.15) is 42.3 Å². The van der Waals surface area contributed by atoms with E-state index in [-0.39, 0.29) is 5.91 Å². The monoisotopic (exact) mass is 221 g/mol. The summed E-state index contributed by atoms with van der Waals surface area (Å²) in [6.45, 7) is 5.32. The second-order valence-electron chi connectivity index (χ2n) is 4.51. The van der Waals surface area contributed by atoms with Gasteiger partial charge < -0.3 is 9.88 Å². The third kappa shape index (κ3) is 1.72. The van der Waals surface area contributed by atoms with Crippen LogP contribution >= 0.6 is 0 Å². The van der Waals surface area contributed by atoms with Crippen molar-refractivity contribution in [1.29, 1.82) is 0 Å². The molecule has 1 N–H and O–H groups in total. The first-order valence-electron chi connectivity index (χ1n) is 5.97. The molecule has 1 aliphatic heterocycles. The van der Waals surface area contributed by atoms with Gasteiger partial charge >= 0.3 is 0 Å². The first-order chi connectivity index (χ1) is 7.67. The minimum Gasteiger partial charge on any atom is -0.354 e. The molecule has 2 heterocycles. The maximum Gasteiger partial charge on any atom is 0.271 e. The van der Waals surface area contributed by atoms with E-state index in [0.717, 1.165) is 30.9 Å². The number of carbonyl (C=O) groups is 1. The number of aryl methyl sites for hydroxylation is 1. The van der Waals surface area contributed by atoms with Crippen LogP contribution in [0.2, 0.25) is 0 Å². The molecule has 16 heavy (non-hydrogen) atoms. The van der Waals surface area contributed by atoms with Crippen LogP contribution in [0.25, 0.3) is 0 Å². The summed E-state index contributed by atoms with van der Waals surface area (Å²) >= 11 is 0. The zero-order chi connectivity index (χ0) is 11.7. The van der Waals surface area contributed by atoms with Gasteiger partial charge in [-0.05, 0) is 18.8 Å². The molecular formula is C12H19N3O. The Morgan fingerprint density at radius 3 is 3.00 bits per heavy atom. The van der Waals surface area contributed by atoms with Crippen LogP contribution in [0, 0.1) is 5.92 Å². The normalized spacial score (nSPS) is 19.3. The van der Waals surface area contributed by atoms with Crippen LogP contribution < -0.4 is 5.32 Å². The highest BCUT2D eigenvalue weighted by atomic mass is 16.1. The first kappa shape index (κ1) is 11.2. The standard InChI is InChI=1S/C12H19N3O/c1-4-10-14-11(12(16)13-3)9-7-8(2)5-6-15(9)10/h8H,4-7H2,1-3H3,(H,13,16). The molecule has 0 spiro atoms. The predicted molar refractivity (Wildman–Crippen MR) is 62.5 cm³/mol. The molecule has 0 aliphatic carbocycles. The lowest BCUT2D eigenvalue weighted by Crippen LogP contribution is -2.24. The maximum atomic E-state index is 11.7. The summed E-state index contributed by atoms with van der Waals surface area (Å²) < 4.78 is 2.23. The van der Waals surface area contributed by atoms with Gasteiger partial charge in [0.25, 0.3) is 5.91 Å². The maximum absolute atomic E-state index is 11.7. The molecule has 88 valence electrons. The molecular weight excluding hydrogens is 202 g/mol. The highest BCUT2D eigenvalue weighted by Crippen LogP contribution is 2.24. The van der Waals surface area contributed by atoms with Gasteiger partial charge in [-0.25, -0.2) is 4.98 Å². The minimum atomic E-state index is -0.0578. The average Bonchev–Trinajstić information content (AvgIpc) is 2.66. The Hall–Kier alpha value is -1.32. The summed E-state index contributed by atoms with van der Waals surface area (Å²) in [5.74, 6) is 1.63. The van der Waals surface area contributed by atoms with E-state index in [2.05, 4.69) is 28.7 Å².